The van der Waals surface area contributed by atoms with Gasteiger partial charge in [0.2, 0.25) is 0 Å². The van der Waals surface area contributed by atoms with Crippen LogP contribution in [-0.4, -0.2) is 9.55 Å². The molecule has 1 heterocycles. The van der Waals surface area contributed by atoms with E-state index in [0.717, 1.165) is 17.9 Å². The van der Waals surface area contributed by atoms with Gasteiger partial charge in [0.1, 0.15) is 5.82 Å². The molecule has 0 unspecified atom stereocenters. The molecule has 2 aromatic carbocycles. The van der Waals surface area contributed by atoms with Gasteiger partial charge in [0.05, 0.1) is 11.0 Å². The van der Waals surface area contributed by atoms with E-state index in [4.69, 9.17) is 4.98 Å². The number of rotatable bonds is 6. The van der Waals surface area contributed by atoms with Crippen molar-refractivity contribution in [3.8, 4) is 11.4 Å². The van der Waals surface area contributed by atoms with Crippen molar-refractivity contribution in [2.24, 2.45) is 0 Å². The summed E-state index contributed by atoms with van der Waals surface area (Å²) in [6.07, 6.45) is 5.08. The first-order chi connectivity index (χ1) is 11.2. The molecule has 0 aliphatic carbocycles. The Hall–Kier alpha value is -2.09. The molecule has 120 valence electrons. The molecular formula is C21H26N2. The quantitative estimate of drug-likeness (QED) is 0.518. The molecule has 0 aliphatic heterocycles. The summed E-state index contributed by atoms with van der Waals surface area (Å²) in [6, 6.07) is 15.1. The van der Waals surface area contributed by atoms with Crippen molar-refractivity contribution in [2.45, 2.75) is 53.0 Å². The van der Waals surface area contributed by atoms with Gasteiger partial charge >= 0.3 is 0 Å². The van der Waals surface area contributed by atoms with Crippen molar-refractivity contribution in [1.29, 1.82) is 0 Å². The lowest BCUT2D eigenvalue weighted by molar-refractivity contribution is 0.594. The monoisotopic (exact) mass is 306 g/mol. The summed E-state index contributed by atoms with van der Waals surface area (Å²) in [7, 11) is 0. The van der Waals surface area contributed by atoms with Crippen molar-refractivity contribution in [3.05, 3.63) is 53.6 Å². The highest BCUT2D eigenvalue weighted by Gasteiger charge is 2.13. The standard InChI is InChI=1S/C21H26N2/c1-4-5-6-9-14-23-20-11-8-7-10-19(20)22-21(23)18-13-12-16(2)15-17(18)3/h7-8,10-13,15H,4-6,9,14H2,1-3H3. The van der Waals surface area contributed by atoms with E-state index in [1.165, 1.54) is 47.9 Å². The van der Waals surface area contributed by atoms with Gasteiger partial charge in [0.15, 0.2) is 0 Å². The van der Waals surface area contributed by atoms with E-state index < -0.39 is 0 Å². The van der Waals surface area contributed by atoms with Crippen LogP contribution < -0.4 is 0 Å². The van der Waals surface area contributed by atoms with Crippen LogP contribution in [0.5, 0.6) is 0 Å². The zero-order valence-electron chi connectivity index (χ0n) is 14.5. The molecule has 3 aromatic rings. The summed E-state index contributed by atoms with van der Waals surface area (Å²) in [5.41, 5.74) is 6.20. The third-order valence-electron chi connectivity index (χ3n) is 4.51. The van der Waals surface area contributed by atoms with E-state index in [0.29, 0.717) is 0 Å². The normalized spacial score (nSPS) is 11.3. The zero-order valence-corrected chi connectivity index (χ0v) is 14.5. The van der Waals surface area contributed by atoms with Gasteiger partial charge in [-0.25, -0.2) is 4.98 Å². The van der Waals surface area contributed by atoms with Gasteiger partial charge in [-0.3, -0.25) is 0 Å². The third-order valence-corrected chi connectivity index (χ3v) is 4.51. The highest BCUT2D eigenvalue weighted by molar-refractivity contribution is 5.81. The van der Waals surface area contributed by atoms with Crippen LogP contribution in [0, 0.1) is 13.8 Å². The largest absolute Gasteiger partial charge is 0.324 e. The van der Waals surface area contributed by atoms with Crippen molar-refractivity contribution in [1.82, 2.24) is 9.55 Å². The topological polar surface area (TPSA) is 17.8 Å². The van der Waals surface area contributed by atoms with E-state index in [1.807, 2.05) is 0 Å². The first-order valence-electron chi connectivity index (χ1n) is 8.73. The van der Waals surface area contributed by atoms with Crippen molar-refractivity contribution >= 4 is 11.0 Å². The van der Waals surface area contributed by atoms with Crippen molar-refractivity contribution < 1.29 is 0 Å². The van der Waals surface area contributed by atoms with Crippen molar-refractivity contribution in [2.75, 3.05) is 0 Å². The van der Waals surface area contributed by atoms with E-state index in [-0.39, 0.29) is 0 Å². The minimum absolute atomic E-state index is 1.04. The lowest BCUT2D eigenvalue weighted by atomic mass is 10.1. The maximum atomic E-state index is 4.94. The Kier molecular flexibility index (Phi) is 4.80. The first-order valence-corrected chi connectivity index (χ1v) is 8.73. The minimum atomic E-state index is 1.04. The lowest BCUT2D eigenvalue weighted by Crippen LogP contribution is -2.02. The number of hydrogen-bond acceptors (Lipinski definition) is 1. The summed E-state index contributed by atoms with van der Waals surface area (Å²) < 4.78 is 2.41. The molecule has 0 atom stereocenters. The Morgan fingerprint density at radius 1 is 0.957 bits per heavy atom. The Labute approximate surface area is 139 Å². The molecule has 0 saturated carbocycles. The van der Waals surface area contributed by atoms with Crippen LogP contribution >= 0.6 is 0 Å². The number of fused-ring (bicyclic) bond motifs is 1. The molecule has 0 N–H and O–H groups in total. The predicted octanol–water partition coefficient (Wildman–Crippen LogP) is 5.90. The molecule has 23 heavy (non-hydrogen) atoms. The van der Waals surface area contributed by atoms with Crippen molar-refractivity contribution in [3.63, 3.8) is 0 Å². The molecule has 0 aliphatic rings. The smallest absolute Gasteiger partial charge is 0.141 e. The molecule has 3 rings (SSSR count). The fourth-order valence-corrected chi connectivity index (χ4v) is 3.27. The van der Waals surface area contributed by atoms with Gasteiger partial charge in [-0.2, -0.15) is 0 Å². The lowest BCUT2D eigenvalue weighted by Gasteiger charge is -2.11. The van der Waals surface area contributed by atoms with E-state index >= 15 is 0 Å². The van der Waals surface area contributed by atoms with E-state index in [1.54, 1.807) is 0 Å². The third kappa shape index (κ3) is 3.31. The van der Waals surface area contributed by atoms with Crippen LogP contribution in [0.2, 0.25) is 0 Å². The van der Waals surface area contributed by atoms with Crippen LogP contribution in [0.3, 0.4) is 0 Å². The summed E-state index contributed by atoms with van der Waals surface area (Å²) >= 11 is 0. The van der Waals surface area contributed by atoms with Crippen LogP contribution in [-0.2, 0) is 6.54 Å². The number of hydrogen-bond donors (Lipinski definition) is 0. The number of benzene rings is 2. The fourth-order valence-electron chi connectivity index (χ4n) is 3.27. The highest BCUT2D eigenvalue weighted by atomic mass is 15.1. The van der Waals surface area contributed by atoms with Gasteiger partial charge in [0.25, 0.3) is 0 Å². The molecule has 0 fully saturated rings. The van der Waals surface area contributed by atoms with E-state index in [2.05, 4.69) is 67.8 Å². The minimum Gasteiger partial charge on any atom is -0.324 e. The molecule has 0 bridgehead atoms. The molecule has 0 amide bonds. The van der Waals surface area contributed by atoms with Crippen LogP contribution in [0.15, 0.2) is 42.5 Å². The number of nitrogens with zero attached hydrogens (tertiary/aromatic N) is 2. The number of unbranched alkanes of at least 4 members (excludes halogenated alkanes) is 3. The summed E-state index contributed by atoms with van der Waals surface area (Å²) in [4.78, 5) is 4.94. The molecule has 1 aromatic heterocycles. The highest BCUT2D eigenvalue weighted by Crippen LogP contribution is 2.28. The number of aromatic nitrogens is 2. The Morgan fingerprint density at radius 3 is 2.57 bits per heavy atom. The number of aryl methyl sites for hydroxylation is 3. The van der Waals surface area contributed by atoms with Crippen LogP contribution in [0.4, 0.5) is 0 Å². The maximum absolute atomic E-state index is 4.94. The first kappa shape index (κ1) is 15.8. The predicted molar refractivity (Wildman–Crippen MR) is 98.8 cm³/mol. The van der Waals surface area contributed by atoms with Crippen LogP contribution in [0.25, 0.3) is 22.4 Å². The molecule has 2 nitrogen and oxygen atoms in total. The van der Waals surface area contributed by atoms with Crippen LogP contribution in [0.1, 0.15) is 43.7 Å². The van der Waals surface area contributed by atoms with Gasteiger partial charge in [-0.15, -0.1) is 0 Å². The molecule has 2 heteroatoms. The van der Waals surface area contributed by atoms with Gasteiger partial charge in [-0.05, 0) is 38.0 Å². The summed E-state index contributed by atoms with van der Waals surface area (Å²) in [5, 5.41) is 0. The SMILES string of the molecule is CCCCCCn1c(-c2ccc(C)cc2C)nc2ccccc21. The number of imidazole rings is 1. The van der Waals surface area contributed by atoms with Gasteiger partial charge in [0, 0.05) is 12.1 Å². The molecule has 0 radical (unpaired) electrons. The molecular weight excluding hydrogens is 280 g/mol. The maximum Gasteiger partial charge on any atom is 0.141 e. The molecule has 0 spiro atoms. The fraction of sp³-hybridized carbons (Fsp3) is 0.381. The Morgan fingerprint density at radius 2 is 1.78 bits per heavy atom. The molecule has 0 saturated heterocycles. The second-order valence-electron chi connectivity index (χ2n) is 6.45. The second kappa shape index (κ2) is 6.99. The second-order valence-corrected chi connectivity index (χ2v) is 6.45. The average Bonchev–Trinajstić information content (AvgIpc) is 2.90. The van der Waals surface area contributed by atoms with Gasteiger partial charge < -0.3 is 4.57 Å². The summed E-state index contributed by atoms with van der Waals surface area (Å²) in [6.45, 7) is 7.63. The summed E-state index contributed by atoms with van der Waals surface area (Å²) in [5.74, 6) is 1.11. The zero-order chi connectivity index (χ0) is 16.2. The Balaban J connectivity index is 2.04. The Bertz CT molecular complexity index is 799. The van der Waals surface area contributed by atoms with Gasteiger partial charge in [-0.1, -0.05) is 62.1 Å². The average molecular weight is 306 g/mol. The number of para-hydroxylation sites is 2. The van der Waals surface area contributed by atoms with E-state index in [9.17, 15) is 0 Å².